The Morgan fingerprint density at radius 2 is 2.05 bits per heavy atom. The zero-order valence-electron chi connectivity index (χ0n) is 10.7. The van der Waals surface area contributed by atoms with Crippen LogP contribution in [0.4, 0.5) is 5.82 Å². The van der Waals surface area contributed by atoms with Gasteiger partial charge < -0.3 is 25.8 Å². The van der Waals surface area contributed by atoms with Gasteiger partial charge in [-0.15, -0.1) is 0 Å². The van der Waals surface area contributed by atoms with Crippen molar-refractivity contribution in [2.24, 2.45) is 0 Å². The van der Waals surface area contributed by atoms with Gasteiger partial charge in [-0.1, -0.05) is 0 Å². The fourth-order valence-corrected chi connectivity index (χ4v) is 2.37. The zero-order valence-corrected chi connectivity index (χ0v) is 10.7. The van der Waals surface area contributed by atoms with E-state index in [0.29, 0.717) is 11.2 Å². The molecule has 9 heteroatoms. The highest BCUT2D eigenvalue weighted by atomic mass is 16.6. The van der Waals surface area contributed by atoms with E-state index in [1.165, 1.54) is 24.1 Å². The molecule has 0 amide bonds. The van der Waals surface area contributed by atoms with Crippen molar-refractivity contribution in [2.75, 3.05) is 5.73 Å². The van der Waals surface area contributed by atoms with E-state index in [9.17, 15) is 15.3 Å². The monoisotopic (exact) mass is 281 g/mol. The van der Waals surface area contributed by atoms with Crippen molar-refractivity contribution < 1.29 is 20.1 Å². The summed E-state index contributed by atoms with van der Waals surface area (Å²) in [7, 11) is 0. The molecule has 20 heavy (non-hydrogen) atoms. The number of nitrogen functional groups attached to an aromatic ring is 1. The Balaban J connectivity index is 2.02. The Kier molecular flexibility index (Phi) is 3.05. The molecule has 108 valence electrons. The summed E-state index contributed by atoms with van der Waals surface area (Å²) in [4.78, 5) is 11.9. The first-order valence-corrected chi connectivity index (χ1v) is 6.13. The molecule has 1 aliphatic heterocycles. The second kappa shape index (κ2) is 4.63. The van der Waals surface area contributed by atoms with Crippen LogP contribution in [-0.2, 0) is 4.74 Å². The number of fused-ring (bicyclic) bond motifs is 1. The van der Waals surface area contributed by atoms with Crippen molar-refractivity contribution in [2.45, 2.75) is 37.6 Å². The van der Waals surface area contributed by atoms with E-state index in [1.807, 2.05) is 0 Å². The van der Waals surface area contributed by atoms with Crippen LogP contribution in [0.15, 0.2) is 12.7 Å². The molecule has 2 aromatic heterocycles. The number of ether oxygens (including phenoxy) is 1. The molecular weight excluding hydrogens is 266 g/mol. The topological polar surface area (TPSA) is 140 Å². The molecule has 0 aromatic carbocycles. The van der Waals surface area contributed by atoms with E-state index < -0.39 is 30.6 Å². The van der Waals surface area contributed by atoms with Gasteiger partial charge in [-0.25, -0.2) is 15.0 Å². The molecule has 5 N–H and O–H groups in total. The lowest BCUT2D eigenvalue weighted by Gasteiger charge is -2.17. The minimum absolute atomic E-state index is 0.217. The largest absolute Gasteiger partial charge is 0.391 e. The summed E-state index contributed by atoms with van der Waals surface area (Å²) in [6.07, 6.45) is -2.42. The average molecular weight is 281 g/mol. The van der Waals surface area contributed by atoms with E-state index in [4.69, 9.17) is 10.5 Å². The zero-order chi connectivity index (χ0) is 14.4. The summed E-state index contributed by atoms with van der Waals surface area (Å²) >= 11 is 0. The summed E-state index contributed by atoms with van der Waals surface area (Å²) in [5, 5.41) is 29.5. The molecule has 2 unspecified atom stereocenters. The van der Waals surface area contributed by atoms with Gasteiger partial charge in [-0.3, -0.25) is 4.57 Å². The van der Waals surface area contributed by atoms with Crippen molar-refractivity contribution in [3.8, 4) is 0 Å². The van der Waals surface area contributed by atoms with Gasteiger partial charge in [-0.05, 0) is 6.92 Å². The maximum absolute atomic E-state index is 10.1. The van der Waals surface area contributed by atoms with E-state index in [2.05, 4.69) is 15.0 Å². The van der Waals surface area contributed by atoms with Crippen LogP contribution in [0.25, 0.3) is 11.2 Å². The number of aromatic nitrogens is 4. The number of hydrogen-bond acceptors (Lipinski definition) is 8. The Labute approximate surface area is 113 Å². The summed E-state index contributed by atoms with van der Waals surface area (Å²) < 4.78 is 6.97. The van der Waals surface area contributed by atoms with E-state index in [1.54, 1.807) is 0 Å². The first-order chi connectivity index (χ1) is 9.50. The highest BCUT2D eigenvalue weighted by molar-refractivity contribution is 5.81. The molecule has 2 aromatic rings. The van der Waals surface area contributed by atoms with Crippen LogP contribution in [0.2, 0.25) is 0 Å². The summed E-state index contributed by atoms with van der Waals surface area (Å²) in [6.45, 7) is 1.48. The van der Waals surface area contributed by atoms with Gasteiger partial charge in [-0.2, -0.15) is 0 Å². The smallest absolute Gasteiger partial charge is 0.167 e. The Morgan fingerprint density at radius 1 is 1.30 bits per heavy atom. The molecule has 9 nitrogen and oxygen atoms in total. The quantitative estimate of drug-likeness (QED) is 0.516. The van der Waals surface area contributed by atoms with Crippen LogP contribution in [0.3, 0.4) is 0 Å². The molecule has 0 bridgehead atoms. The van der Waals surface area contributed by atoms with Crippen LogP contribution in [0.5, 0.6) is 0 Å². The molecule has 0 radical (unpaired) electrons. The maximum Gasteiger partial charge on any atom is 0.167 e. The second-order valence-corrected chi connectivity index (χ2v) is 4.80. The Morgan fingerprint density at radius 3 is 2.70 bits per heavy atom. The van der Waals surface area contributed by atoms with Gasteiger partial charge in [0.1, 0.15) is 30.2 Å². The number of nitrogens with two attached hydrogens (primary N) is 1. The molecule has 0 saturated carbocycles. The predicted molar refractivity (Wildman–Crippen MR) is 67.3 cm³/mol. The Bertz CT molecular complexity index is 630. The van der Waals surface area contributed by atoms with E-state index >= 15 is 0 Å². The number of anilines is 1. The number of hydrogen-bond donors (Lipinski definition) is 4. The van der Waals surface area contributed by atoms with Crippen molar-refractivity contribution in [1.29, 1.82) is 0 Å². The number of aliphatic hydroxyl groups is 3. The lowest BCUT2D eigenvalue weighted by Crippen LogP contribution is -2.37. The van der Waals surface area contributed by atoms with Gasteiger partial charge in [0.25, 0.3) is 0 Å². The highest BCUT2D eigenvalue weighted by Crippen LogP contribution is 2.33. The lowest BCUT2D eigenvalue weighted by atomic mass is 10.1. The molecule has 1 saturated heterocycles. The van der Waals surface area contributed by atoms with Crippen molar-refractivity contribution in [3.05, 3.63) is 12.7 Å². The first kappa shape index (κ1) is 13.2. The van der Waals surface area contributed by atoms with Gasteiger partial charge >= 0.3 is 0 Å². The minimum Gasteiger partial charge on any atom is -0.391 e. The number of aliphatic hydroxyl groups excluding tert-OH is 3. The van der Waals surface area contributed by atoms with Crippen LogP contribution in [-0.4, -0.2) is 59.3 Å². The van der Waals surface area contributed by atoms with Gasteiger partial charge in [0.05, 0.1) is 12.4 Å². The summed E-state index contributed by atoms with van der Waals surface area (Å²) in [6, 6.07) is 0. The maximum atomic E-state index is 10.1. The number of imidazole rings is 1. The van der Waals surface area contributed by atoms with Gasteiger partial charge in [0.15, 0.2) is 17.7 Å². The third kappa shape index (κ3) is 1.83. The third-order valence-electron chi connectivity index (χ3n) is 3.41. The summed E-state index contributed by atoms with van der Waals surface area (Å²) in [5.74, 6) is 0.217. The Hall–Kier alpha value is -1.81. The van der Waals surface area contributed by atoms with Crippen LogP contribution < -0.4 is 5.73 Å². The predicted octanol–water partition coefficient (Wildman–Crippen LogP) is -1.59. The molecule has 3 heterocycles. The highest BCUT2D eigenvalue weighted by Gasteiger charge is 2.46. The second-order valence-electron chi connectivity index (χ2n) is 4.80. The fourth-order valence-electron chi connectivity index (χ4n) is 2.37. The van der Waals surface area contributed by atoms with E-state index in [-0.39, 0.29) is 5.82 Å². The number of nitrogens with zero attached hydrogens (tertiary/aromatic N) is 4. The average Bonchev–Trinajstić information content (AvgIpc) is 2.94. The van der Waals surface area contributed by atoms with Gasteiger partial charge in [0, 0.05) is 0 Å². The fraction of sp³-hybridized carbons (Fsp3) is 0.545. The minimum atomic E-state index is -1.21. The van der Waals surface area contributed by atoms with Crippen molar-refractivity contribution in [1.82, 2.24) is 19.5 Å². The van der Waals surface area contributed by atoms with Gasteiger partial charge in [0.2, 0.25) is 0 Å². The summed E-state index contributed by atoms with van der Waals surface area (Å²) in [5.41, 5.74) is 6.46. The molecule has 1 aliphatic rings. The molecule has 5 atom stereocenters. The normalized spacial score (nSPS) is 31.8. The molecule has 3 rings (SSSR count). The standard InChI is InChI=1S/C11H15N5O4/c1-4(17)8-6(18)7(19)11(20-8)16-3-15-5-9(12)13-2-14-10(5)16/h2-4,6-8,11,17-19H,1H3,(H2,12,13,14)/t4?,6-,7+,8+,11?/m0/s1. The molecular formula is C11H15N5O4. The van der Waals surface area contributed by atoms with Crippen molar-refractivity contribution in [3.63, 3.8) is 0 Å². The SMILES string of the molecule is CC(O)[C@H]1OC(n2cnc3c(N)ncnc32)[C@H](O)[C@@H]1O. The van der Waals surface area contributed by atoms with E-state index in [0.717, 1.165) is 0 Å². The number of rotatable bonds is 2. The lowest BCUT2D eigenvalue weighted by molar-refractivity contribution is -0.0777. The van der Waals surface area contributed by atoms with Crippen molar-refractivity contribution >= 4 is 17.0 Å². The molecule has 1 fully saturated rings. The molecule has 0 spiro atoms. The first-order valence-electron chi connectivity index (χ1n) is 6.13. The van der Waals surface area contributed by atoms with Crippen LogP contribution in [0, 0.1) is 0 Å². The third-order valence-corrected chi connectivity index (χ3v) is 3.41. The molecule has 0 aliphatic carbocycles. The van der Waals surface area contributed by atoms with Crippen LogP contribution in [0.1, 0.15) is 13.2 Å². The van der Waals surface area contributed by atoms with Crippen LogP contribution >= 0.6 is 0 Å².